The molecule has 0 aliphatic heterocycles. The molecule has 4 rings (SSSR count). The monoisotopic (exact) mass is 291 g/mol. The zero-order chi connectivity index (χ0) is 14.9. The average Bonchev–Trinajstić information content (AvgIpc) is 3.17. The molecule has 0 aliphatic carbocycles. The van der Waals surface area contributed by atoms with Crippen molar-refractivity contribution in [2.24, 2.45) is 0 Å². The molecule has 2 aromatic heterocycles. The van der Waals surface area contributed by atoms with Crippen LogP contribution in [0.2, 0.25) is 0 Å². The van der Waals surface area contributed by atoms with E-state index in [0.717, 1.165) is 27.8 Å². The standard InChI is InChI=1S/C16H13N5O/c17-12-3-1-10(2-4-12)15-9-18-16(22-15)20-13-5-6-14-11(7-13)8-19-21-14/h1-9H,17H2,(H,18,20)(H,19,21). The number of aromatic amines is 1. The molecule has 6 nitrogen and oxygen atoms in total. The van der Waals surface area contributed by atoms with Gasteiger partial charge in [0.15, 0.2) is 5.76 Å². The Morgan fingerprint density at radius 3 is 2.77 bits per heavy atom. The van der Waals surface area contributed by atoms with E-state index in [2.05, 4.69) is 20.5 Å². The SMILES string of the molecule is Nc1ccc(-c2cnc(Nc3ccc4[nH]ncc4c3)o2)cc1. The molecule has 2 heterocycles. The third-order valence-electron chi connectivity index (χ3n) is 3.39. The van der Waals surface area contributed by atoms with Gasteiger partial charge < -0.3 is 15.5 Å². The lowest BCUT2D eigenvalue weighted by molar-refractivity contribution is 0.592. The van der Waals surface area contributed by atoms with Crippen LogP contribution in [0.5, 0.6) is 0 Å². The van der Waals surface area contributed by atoms with Gasteiger partial charge >= 0.3 is 0 Å². The molecule has 0 bridgehead atoms. The van der Waals surface area contributed by atoms with Gasteiger partial charge in [-0.2, -0.15) is 5.10 Å². The van der Waals surface area contributed by atoms with Crippen LogP contribution >= 0.6 is 0 Å². The largest absolute Gasteiger partial charge is 0.423 e. The summed E-state index contributed by atoms with van der Waals surface area (Å²) < 4.78 is 5.72. The number of fused-ring (bicyclic) bond motifs is 1. The van der Waals surface area contributed by atoms with E-state index in [1.807, 2.05) is 42.5 Å². The Kier molecular flexibility index (Phi) is 2.79. The zero-order valence-electron chi connectivity index (χ0n) is 11.6. The van der Waals surface area contributed by atoms with E-state index in [-0.39, 0.29) is 0 Å². The summed E-state index contributed by atoms with van der Waals surface area (Å²) in [7, 11) is 0. The van der Waals surface area contributed by atoms with E-state index >= 15 is 0 Å². The van der Waals surface area contributed by atoms with Gasteiger partial charge in [0.1, 0.15) is 0 Å². The van der Waals surface area contributed by atoms with Gasteiger partial charge in [-0.1, -0.05) is 0 Å². The van der Waals surface area contributed by atoms with Crippen molar-refractivity contribution in [1.82, 2.24) is 15.2 Å². The first-order valence-corrected chi connectivity index (χ1v) is 6.80. The van der Waals surface area contributed by atoms with Crippen molar-refractivity contribution in [2.75, 3.05) is 11.1 Å². The highest BCUT2D eigenvalue weighted by molar-refractivity contribution is 5.82. The van der Waals surface area contributed by atoms with Crippen LogP contribution < -0.4 is 11.1 Å². The Morgan fingerprint density at radius 2 is 1.91 bits per heavy atom. The van der Waals surface area contributed by atoms with Crippen LogP contribution in [0.25, 0.3) is 22.2 Å². The van der Waals surface area contributed by atoms with Crippen molar-refractivity contribution in [3.63, 3.8) is 0 Å². The van der Waals surface area contributed by atoms with Gasteiger partial charge in [0, 0.05) is 22.3 Å². The van der Waals surface area contributed by atoms with E-state index < -0.39 is 0 Å². The minimum absolute atomic E-state index is 0.440. The number of hydrogen-bond acceptors (Lipinski definition) is 5. The molecular formula is C16H13N5O. The van der Waals surface area contributed by atoms with Crippen molar-refractivity contribution < 1.29 is 4.42 Å². The van der Waals surface area contributed by atoms with Crippen molar-refractivity contribution in [3.05, 3.63) is 54.9 Å². The highest BCUT2D eigenvalue weighted by Crippen LogP contribution is 2.26. The first kappa shape index (κ1) is 12.5. The van der Waals surface area contributed by atoms with Gasteiger partial charge in [-0.15, -0.1) is 0 Å². The second-order valence-electron chi connectivity index (χ2n) is 4.95. The van der Waals surface area contributed by atoms with Crippen LogP contribution in [0.3, 0.4) is 0 Å². The van der Waals surface area contributed by atoms with Crippen molar-refractivity contribution >= 4 is 28.3 Å². The van der Waals surface area contributed by atoms with Crippen molar-refractivity contribution in [2.45, 2.75) is 0 Å². The Hall–Kier alpha value is -3.28. The summed E-state index contributed by atoms with van der Waals surface area (Å²) in [5, 5.41) is 11.1. The average molecular weight is 291 g/mol. The van der Waals surface area contributed by atoms with E-state index in [4.69, 9.17) is 10.2 Å². The van der Waals surface area contributed by atoms with Gasteiger partial charge in [-0.3, -0.25) is 5.10 Å². The van der Waals surface area contributed by atoms with Gasteiger partial charge in [0.25, 0.3) is 6.01 Å². The molecule has 0 radical (unpaired) electrons. The first-order valence-electron chi connectivity index (χ1n) is 6.80. The summed E-state index contributed by atoms with van der Waals surface area (Å²) in [4.78, 5) is 4.25. The number of nitrogens with one attached hydrogen (secondary N) is 2. The third kappa shape index (κ3) is 2.26. The Bertz CT molecular complexity index is 923. The molecule has 0 spiro atoms. The number of oxazole rings is 1. The van der Waals surface area contributed by atoms with E-state index in [9.17, 15) is 0 Å². The lowest BCUT2D eigenvalue weighted by atomic mass is 10.2. The predicted octanol–water partition coefficient (Wildman–Crippen LogP) is 3.54. The molecule has 4 N–H and O–H groups in total. The number of aromatic nitrogens is 3. The third-order valence-corrected chi connectivity index (χ3v) is 3.39. The van der Waals surface area contributed by atoms with Crippen LogP contribution in [-0.4, -0.2) is 15.2 Å². The number of rotatable bonds is 3. The number of nitrogens with two attached hydrogens (primary N) is 1. The number of nitrogen functional groups attached to an aromatic ring is 1. The van der Waals surface area contributed by atoms with Crippen LogP contribution in [-0.2, 0) is 0 Å². The molecule has 0 amide bonds. The normalized spacial score (nSPS) is 10.9. The van der Waals surface area contributed by atoms with Gasteiger partial charge in [0.05, 0.1) is 17.9 Å². The molecule has 0 aliphatic rings. The van der Waals surface area contributed by atoms with Gasteiger partial charge in [-0.25, -0.2) is 4.98 Å². The topological polar surface area (TPSA) is 92.8 Å². The van der Waals surface area contributed by atoms with Crippen LogP contribution in [0.1, 0.15) is 0 Å². The summed E-state index contributed by atoms with van der Waals surface area (Å²) in [5.41, 5.74) is 9.21. The fourth-order valence-corrected chi connectivity index (χ4v) is 2.26. The Balaban J connectivity index is 1.59. The summed E-state index contributed by atoms with van der Waals surface area (Å²) in [6, 6.07) is 13.8. The Morgan fingerprint density at radius 1 is 1.05 bits per heavy atom. The minimum Gasteiger partial charge on any atom is -0.423 e. The quantitative estimate of drug-likeness (QED) is 0.502. The van der Waals surface area contributed by atoms with Crippen LogP contribution in [0.4, 0.5) is 17.4 Å². The predicted molar refractivity (Wildman–Crippen MR) is 85.7 cm³/mol. The molecular weight excluding hydrogens is 278 g/mol. The maximum atomic E-state index is 5.72. The highest BCUT2D eigenvalue weighted by atomic mass is 16.4. The highest BCUT2D eigenvalue weighted by Gasteiger charge is 2.07. The number of nitrogens with zero attached hydrogens (tertiary/aromatic N) is 2. The summed E-state index contributed by atoms with van der Waals surface area (Å²) in [6.45, 7) is 0. The Labute approximate surface area is 126 Å². The molecule has 108 valence electrons. The lowest BCUT2D eigenvalue weighted by Crippen LogP contribution is -1.89. The number of anilines is 3. The molecule has 0 atom stereocenters. The summed E-state index contributed by atoms with van der Waals surface area (Å²) in [5.74, 6) is 0.687. The summed E-state index contributed by atoms with van der Waals surface area (Å²) in [6.07, 6.45) is 3.46. The molecule has 0 saturated carbocycles. The van der Waals surface area contributed by atoms with Gasteiger partial charge in [0.2, 0.25) is 0 Å². The fraction of sp³-hybridized carbons (Fsp3) is 0. The molecule has 0 saturated heterocycles. The number of hydrogen-bond donors (Lipinski definition) is 3. The van der Waals surface area contributed by atoms with E-state index in [1.165, 1.54) is 0 Å². The molecule has 4 aromatic rings. The van der Waals surface area contributed by atoms with Crippen molar-refractivity contribution in [3.8, 4) is 11.3 Å². The number of H-pyrrole nitrogens is 1. The maximum Gasteiger partial charge on any atom is 0.299 e. The van der Waals surface area contributed by atoms with Crippen LogP contribution in [0.15, 0.2) is 59.3 Å². The molecule has 22 heavy (non-hydrogen) atoms. The number of benzene rings is 2. The molecule has 2 aromatic carbocycles. The van der Waals surface area contributed by atoms with E-state index in [0.29, 0.717) is 11.8 Å². The fourth-order valence-electron chi connectivity index (χ4n) is 2.26. The second kappa shape index (κ2) is 4.92. The second-order valence-corrected chi connectivity index (χ2v) is 4.95. The zero-order valence-corrected chi connectivity index (χ0v) is 11.6. The minimum atomic E-state index is 0.440. The van der Waals surface area contributed by atoms with E-state index in [1.54, 1.807) is 12.4 Å². The smallest absolute Gasteiger partial charge is 0.299 e. The summed E-state index contributed by atoms with van der Waals surface area (Å²) >= 11 is 0. The first-order chi connectivity index (χ1) is 10.8. The molecule has 0 fully saturated rings. The molecule has 6 heteroatoms. The van der Waals surface area contributed by atoms with Crippen LogP contribution in [0, 0.1) is 0 Å². The van der Waals surface area contributed by atoms with Gasteiger partial charge in [-0.05, 0) is 42.5 Å². The maximum absolute atomic E-state index is 5.72. The van der Waals surface area contributed by atoms with Crippen molar-refractivity contribution in [1.29, 1.82) is 0 Å². The molecule has 0 unspecified atom stereocenters. The lowest BCUT2D eigenvalue weighted by Gasteiger charge is -2.01.